The van der Waals surface area contributed by atoms with E-state index in [0.717, 1.165) is 30.2 Å². The lowest BCUT2D eigenvalue weighted by atomic mass is 9.89. The fraction of sp³-hybridized carbons (Fsp3) is 0.619. The Morgan fingerprint density at radius 3 is 2.19 bits per heavy atom. The number of aliphatic imine (C=N–C) groups is 1. The molecule has 0 aromatic heterocycles. The minimum atomic E-state index is 0.0494. The summed E-state index contributed by atoms with van der Waals surface area (Å²) in [6.45, 7) is 13.2. The molecule has 6 heteroatoms. The molecule has 1 aromatic rings. The van der Waals surface area contributed by atoms with Gasteiger partial charge in [0.05, 0.1) is 6.10 Å². The van der Waals surface area contributed by atoms with E-state index in [4.69, 9.17) is 4.74 Å². The Labute approximate surface area is 164 Å². The van der Waals surface area contributed by atoms with Crippen LogP contribution in [-0.2, 0) is 11.3 Å². The Morgan fingerprint density at radius 1 is 1.15 bits per heavy atom. The van der Waals surface area contributed by atoms with Crippen LogP contribution < -0.4 is 10.6 Å². The third-order valence-corrected chi connectivity index (χ3v) is 4.64. The molecule has 1 amide bonds. The normalized spacial score (nSPS) is 13.2. The van der Waals surface area contributed by atoms with Gasteiger partial charge in [-0.25, -0.2) is 0 Å². The maximum atomic E-state index is 12.4. The van der Waals surface area contributed by atoms with Gasteiger partial charge >= 0.3 is 0 Å². The zero-order valence-electron chi connectivity index (χ0n) is 17.9. The second kappa shape index (κ2) is 10.9. The second-order valence-electron chi connectivity index (χ2n) is 7.57. The van der Waals surface area contributed by atoms with Crippen molar-refractivity contribution in [3.63, 3.8) is 0 Å². The van der Waals surface area contributed by atoms with Gasteiger partial charge in [0.2, 0.25) is 0 Å². The molecule has 0 fully saturated rings. The fourth-order valence-electron chi connectivity index (χ4n) is 2.80. The third-order valence-electron chi connectivity index (χ3n) is 4.64. The lowest BCUT2D eigenvalue weighted by Crippen LogP contribution is -2.45. The van der Waals surface area contributed by atoms with Crippen LogP contribution in [0.2, 0.25) is 0 Å². The van der Waals surface area contributed by atoms with Gasteiger partial charge < -0.3 is 20.3 Å². The lowest BCUT2D eigenvalue weighted by molar-refractivity contribution is 0.0205. The molecule has 1 unspecified atom stereocenters. The highest BCUT2D eigenvalue weighted by Gasteiger charge is 2.24. The van der Waals surface area contributed by atoms with Crippen LogP contribution in [0.15, 0.2) is 29.3 Å². The molecule has 0 saturated heterocycles. The van der Waals surface area contributed by atoms with Gasteiger partial charge in [0.1, 0.15) is 0 Å². The van der Waals surface area contributed by atoms with E-state index >= 15 is 0 Å². The van der Waals surface area contributed by atoms with Crippen molar-refractivity contribution in [3.8, 4) is 0 Å². The van der Waals surface area contributed by atoms with Crippen LogP contribution in [-0.4, -0.2) is 56.7 Å². The number of nitrogens with zero attached hydrogens (tertiary/aromatic N) is 2. The summed E-state index contributed by atoms with van der Waals surface area (Å²) in [5, 5.41) is 6.61. The lowest BCUT2D eigenvalue weighted by Gasteiger charge is -2.30. The summed E-state index contributed by atoms with van der Waals surface area (Å²) in [4.78, 5) is 18.4. The monoisotopic (exact) mass is 376 g/mol. The van der Waals surface area contributed by atoms with E-state index in [1.54, 1.807) is 14.2 Å². The molecule has 152 valence electrons. The highest BCUT2D eigenvalue weighted by atomic mass is 16.5. The average Bonchev–Trinajstić information content (AvgIpc) is 2.65. The topological polar surface area (TPSA) is 66.0 Å². The number of methoxy groups -OCH3 is 1. The quantitative estimate of drug-likeness (QED) is 0.541. The Balaban J connectivity index is 2.60. The van der Waals surface area contributed by atoms with Gasteiger partial charge in [-0.1, -0.05) is 32.9 Å². The number of benzene rings is 1. The molecule has 1 atom stereocenters. The molecule has 27 heavy (non-hydrogen) atoms. The van der Waals surface area contributed by atoms with Crippen molar-refractivity contribution >= 4 is 11.9 Å². The molecule has 6 nitrogen and oxygen atoms in total. The molecule has 2 N–H and O–H groups in total. The van der Waals surface area contributed by atoms with Gasteiger partial charge in [-0.2, -0.15) is 0 Å². The maximum Gasteiger partial charge on any atom is 0.253 e. The molecule has 1 aromatic carbocycles. The molecule has 0 bridgehead atoms. The SMILES string of the molecule is CCN(CC)C(=O)c1ccc(CNC(=NC)NCC(OC)C(C)(C)C)cc1. The minimum Gasteiger partial charge on any atom is -0.379 e. The summed E-state index contributed by atoms with van der Waals surface area (Å²) in [5.74, 6) is 0.800. The third kappa shape index (κ3) is 7.21. The van der Waals surface area contributed by atoms with Crippen molar-refractivity contribution in [2.24, 2.45) is 10.4 Å². The Hall–Kier alpha value is -2.08. The summed E-state index contributed by atoms with van der Waals surface area (Å²) in [5.41, 5.74) is 1.86. The largest absolute Gasteiger partial charge is 0.379 e. The van der Waals surface area contributed by atoms with Crippen molar-refractivity contribution in [2.75, 3.05) is 33.8 Å². The molecule has 0 heterocycles. The number of nitrogens with one attached hydrogen (secondary N) is 2. The molecule has 0 saturated carbocycles. The Bertz CT molecular complexity index is 602. The van der Waals surface area contributed by atoms with E-state index < -0.39 is 0 Å². The first kappa shape index (κ1) is 23.0. The first-order chi connectivity index (χ1) is 12.8. The molecule has 0 radical (unpaired) electrons. The summed E-state index contributed by atoms with van der Waals surface area (Å²) in [6.07, 6.45) is 0.0847. The number of amides is 1. The summed E-state index contributed by atoms with van der Waals surface area (Å²) in [6, 6.07) is 7.72. The second-order valence-corrected chi connectivity index (χ2v) is 7.57. The number of hydrogen-bond acceptors (Lipinski definition) is 3. The first-order valence-electron chi connectivity index (χ1n) is 9.62. The average molecular weight is 377 g/mol. The van der Waals surface area contributed by atoms with Gasteiger partial charge in [-0.3, -0.25) is 9.79 Å². The number of hydrogen-bond donors (Lipinski definition) is 2. The van der Waals surface area contributed by atoms with Gasteiger partial charge in [-0.05, 0) is 37.0 Å². The summed E-state index contributed by atoms with van der Waals surface area (Å²) < 4.78 is 5.56. The van der Waals surface area contributed by atoms with Crippen LogP contribution >= 0.6 is 0 Å². The molecule has 0 aliphatic rings. The molecular formula is C21H36N4O2. The van der Waals surface area contributed by atoms with Crippen molar-refractivity contribution in [1.29, 1.82) is 0 Å². The van der Waals surface area contributed by atoms with Crippen LogP contribution in [0.5, 0.6) is 0 Å². The van der Waals surface area contributed by atoms with Crippen LogP contribution in [0, 0.1) is 5.41 Å². The molecule has 0 aliphatic carbocycles. The van der Waals surface area contributed by atoms with E-state index in [9.17, 15) is 4.79 Å². The number of guanidine groups is 1. The standard InChI is InChI=1S/C21H36N4O2/c1-8-25(9-2)19(26)17-12-10-16(11-13-17)14-23-20(22-6)24-15-18(27-7)21(3,4)5/h10-13,18H,8-9,14-15H2,1-7H3,(H2,22,23,24). The van der Waals surface area contributed by atoms with Crippen molar-refractivity contribution in [3.05, 3.63) is 35.4 Å². The smallest absolute Gasteiger partial charge is 0.253 e. The molecular weight excluding hydrogens is 340 g/mol. The zero-order valence-corrected chi connectivity index (χ0v) is 17.9. The van der Waals surface area contributed by atoms with Crippen LogP contribution in [0.4, 0.5) is 0 Å². The van der Waals surface area contributed by atoms with Crippen molar-refractivity contribution < 1.29 is 9.53 Å². The van der Waals surface area contributed by atoms with Gasteiger partial charge in [0, 0.05) is 45.9 Å². The number of ether oxygens (including phenoxy) is 1. The van der Waals surface area contributed by atoms with Crippen LogP contribution in [0.25, 0.3) is 0 Å². The predicted octanol–water partition coefficient (Wildman–Crippen LogP) is 2.89. The van der Waals surface area contributed by atoms with Crippen molar-refractivity contribution in [1.82, 2.24) is 15.5 Å². The van der Waals surface area contributed by atoms with Crippen molar-refractivity contribution in [2.45, 2.75) is 47.3 Å². The molecule has 1 rings (SSSR count). The molecule has 0 spiro atoms. The van der Waals surface area contributed by atoms with Crippen LogP contribution in [0.1, 0.15) is 50.5 Å². The van der Waals surface area contributed by atoms with Gasteiger partial charge in [0.25, 0.3) is 5.91 Å². The first-order valence-corrected chi connectivity index (χ1v) is 9.62. The van der Waals surface area contributed by atoms with Crippen LogP contribution in [0.3, 0.4) is 0 Å². The highest BCUT2D eigenvalue weighted by molar-refractivity contribution is 5.94. The predicted molar refractivity (Wildman–Crippen MR) is 112 cm³/mol. The fourth-order valence-corrected chi connectivity index (χ4v) is 2.80. The van der Waals surface area contributed by atoms with E-state index in [1.165, 1.54) is 0 Å². The molecule has 0 aliphatic heterocycles. The summed E-state index contributed by atoms with van der Waals surface area (Å²) in [7, 11) is 3.48. The highest BCUT2D eigenvalue weighted by Crippen LogP contribution is 2.20. The number of rotatable bonds is 8. The Morgan fingerprint density at radius 2 is 1.74 bits per heavy atom. The van der Waals surface area contributed by atoms with E-state index in [-0.39, 0.29) is 17.4 Å². The summed E-state index contributed by atoms with van der Waals surface area (Å²) >= 11 is 0. The minimum absolute atomic E-state index is 0.0494. The number of carbonyl (C=O) groups is 1. The zero-order chi connectivity index (χ0) is 20.4. The van der Waals surface area contributed by atoms with Gasteiger partial charge in [-0.15, -0.1) is 0 Å². The number of carbonyl (C=O) groups excluding carboxylic acids is 1. The van der Waals surface area contributed by atoms with E-state index in [2.05, 4.69) is 36.4 Å². The Kier molecular flexibility index (Phi) is 9.29. The van der Waals surface area contributed by atoms with Gasteiger partial charge in [0.15, 0.2) is 5.96 Å². The van der Waals surface area contributed by atoms with E-state index in [1.807, 2.05) is 43.0 Å². The maximum absolute atomic E-state index is 12.4. The van der Waals surface area contributed by atoms with E-state index in [0.29, 0.717) is 13.1 Å².